The number of anilines is 1. The maximum Gasteiger partial charge on any atom is 0.239 e. The van der Waals surface area contributed by atoms with Crippen molar-refractivity contribution in [1.82, 2.24) is 5.32 Å². The first kappa shape index (κ1) is 12.8. The van der Waals surface area contributed by atoms with E-state index in [1.54, 1.807) is 0 Å². The zero-order valence-electron chi connectivity index (χ0n) is 9.80. The molecule has 1 aromatic rings. The standard InChI is InChI=1S/C12H17ClN2O/c1-8(2)15-12(16)7-14-10-5-4-9(3)11(13)6-10/h4-6,8,14H,7H2,1-3H3,(H,15,16). The molecule has 0 saturated carbocycles. The van der Waals surface area contributed by atoms with Crippen molar-refractivity contribution >= 4 is 23.2 Å². The summed E-state index contributed by atoms with van der Waals surface area (Å²) in [6, 6.07) is 5.81. The van der Waals surface area contributed by atoms with Crippen LogP contribution in [0.5, 0.6) is 0 Å². The molecule has 4 heteroatoms. The van der Waals surface area contributed by atoms with Gasteiger partial charge in [-0.05, 0) is 38.5 Å². The summed E-state index contributed by atoms with van der Waals surface area (Å²) in [7, 11) is 0. The summed E-state index contributed by atoms with van der Waals surface area (Å²) >= 11 is 5.97. The third-order valence-electron chi connectivity index (χ3n) is 2.07. The molecule has 0 aliphatic heterocycles. The van der Waals surface area contributed by atoms with E-state index in [1.165, 1.54) is 0 Å². The van der Waals surface area contributed by atoms with E-state index in [4.69, 9.17) is 11.6 Å². The number of amides is 1. The minimum Gasteiger partial charge on any atom is -0.376 e. The molecule has 1 rings (SSSR count). The third-order valence-corrected chi connectivity index (χ3v) is 2.48. The van der Waals surface area contributed by atoms with E-state index < -0.39 is 0 Å². The lowest BCUT2D eigenvalue weighted by atomic mass is 10.2. The van der Waals surface area contributed by atoms with E-state index >= 15 is 0 Å². The second kappa shape index (κ2) is 5.75. The Hall–Kier alpha value is -1.22. The topological polar surface area (TPSA) is 41.1 Å². The van der Waals surface area contributed by atoms with Crippen LogP contribution in [0.1, 0.15) is 19.4 Å². The highest BCUT2D eigenvalue weighted by Gasteiger charge is 2.03. The second-order valence-corrected chi connectivity index (χ2v) is 4.45. The molecular formula is C12H17ClN2O. The number of benzene rings is 1. The molecule has 0 fully saturated rings. The molecule has 0 bridgehead atoms. The highest BCUT2D eigenvalue weighted by Crippen LogP contribution is 2.19. The van der Waals surface area contributed by atoms with Crippen LogP contribution < -0.4 is 10.6 Å². The Balaban J connectivity index is 2.48. The quantitative estimate of drug-likeness (QED) is 0.850. The van der Waals surface area contributed by atoms with Crippen LogP contribution in [0, 0.1) is 6.92 Å². The average molecular weight is 241 g/mol. The Bertz CT molecular complexity index is 377. The van der Waals surface area contributed by atoms with Gasteiger partial charge in [-0.2, -0.15) is 0 Å². The van der Waals surface area contributed by atoms with Crippen LogP contribution in [0.25, 0.3) is 0 Å². The SMILES string of the molecule is Cc1ccc(NCC(=O)NC(C)C)cc1Cl. The van der Waals surface area contributed by atoms with E-state index in [1.807, 2.05) is 39.0 Å². The summed E-state index contributed by atoms with van der Waals surface area (Å²) in [6.45, 7) is 6.07. The molecule has 88 valence electrons. The summed E-state index contributed by atoms with van der Waals surface area (Å²) in [5.74, 6) is -0.0216. The lowest BCUT2D eigenvalue weighted by Crippen LogP contribution is -2.34. The Morgan fingerprint density at radius 3 is 2.69 bits per heavy atom. The molecule has 0 radical (unpaired) electrons. The normalized spacial score (nSPS) is 10.3. The first-order valence-corrected chi connectivity index (χ1v) is 5.66. The first-order valence-electron chi connectivity index (χ1n) is 5.28. The van der Waals surface area contributed by atoms with Crippen LogP contribution >= 0.6 is 11.6 Å². The Kier molecular flexibility index (Phi) is 4.62. The van der Waals surface area contributed by atoms with Crippen LogP contribution in [0.4, 0.5) is 5.69 Å². The number of rotatable bonds is 4. The molecule has 0 heterocycles. The number of hydrogen-bond acceptors (Lipinski definition) is 2. The fourth-order valence-corrected chi connectivity index (χ4v) is 1.44. The van der Waals surface area contributed by atoms with Gasteiger partial charge in [-0.3, -0.25) is 4.79 Å². The molecule has 1 aromatic carbocycles. The van der Waals surface area contributed by atoms with E-state index in [9.17, 15) is 4.79 Å². The maximum absolute atomic E-state index is 11.4. The van der Waals surface area contributed by atoms with Gasteiger partial charge in [0.1, 0.15) is 0 Å². The van der Waals surface area contributed by atoms with E-state index in [0.29, 0.717) is 5.02 Å². The van der Waals surface area contributed by atoms with Gasteiger partial charge >= 0.3 is 0 Å². The molecule has 16 heavy (non-hydrogen) atoms. The summed E-state index contributed by atoms with van der Waals surface area (Å²) < 4.78 is 0. The van der Waals surface area contributed by atoms with Gasteiger partial charge in [-0.15, -0.1) is 0 Å². The zero-order chi connectivity index (χ0) is 12.1. The smallest absolute Gasteiger partial charge is 0.239 e. The van der Waals surface area contributed by atoms with Crippen LogP contribution in [0.15, 0.2) is 18.2 Å². The first-order chi connectivity index (χ1) is 7.49. The molecule has 2 N–H and O–H groups in total. The van der Waals surface area contributed by atoms with Crippen molar-refractivity contribution in [3.05, 3.63) is 28.8 Å². The minimum absolute atomic E-state index is 0.0216. The predicted octanol–water partition coefficient (Wildman–Crippen LogP) is 2.58. The van der Waals surface area contributed by atoms with Crippen molar-refractivity contribution in [3.8, 4) is 0 Å². The summed E-state index contributed by atoms with van der Waals surface area (Å²) in [5, 5.41) is 6.53. The van der Waals surface area contributed by atoms with Gasteiger partial charge in [0, 0.05) is 16.8 Å². The molecule has 0 aliphatic carbocycles. The summed E-state index contributed by atoms with van der Waals surface area (Å²) in [6.07, 6.45) is 0. The molecular weight excluding hydrogens is 224 g/mol. The lowest BCUT2D eigenvalue weighted by Gasteiger charge is -2.10. The Morgan fingerprint density at radius 1 is 1.44 bits per heavy atom. The zero-order valence-corrected chi connectivity index (χ0v) is 10.6. The monoisotopic (exact) mass is 240 g/mol. The van der Waals surface area contributed by atoms with Gasteiger partial charge in [0.05, 0.1) is 6.54 Å². The largest absolute Gasteiger partial charge is 0.376 e. The molecule has 1 amide bonds. The van der Waals surface area contributed by atoms with E-state index in [2.05, 4.69) is 10.6 Å². The summed E-state index contributed by atoms with van der Waals surface area (Å²) in [5.41, 5.74) is 1.88. The Morgan fingerprint density at radius 2 is 2.12 bits per heavy atom. The number of halogens is 1. The number of carbonyl (C=O) groups excluding carboxylic acids is 1. The van der Waals surface area contributed by atoms with Gasteiger partial charge in [0.2, 0.25) is 5.91 Å². The highest BCUT2D eigenvalue weighted by molar-refractivity contribution is 6.31. The van der Waals surface area contributed by atoms with Gasteiger partial charge in [-0.25, -0.2) is 0 Å². The minimum atomic E-state index is -0.0216. The van der Waals surface area contributed by atoms with Crippen molar-refractivity contribution in [1.29, 1.82) is 0 Å². The molecule has 0 aliphatic rings. The molecule has 0 aromatic heterocycles. The number of hydrogen-bond donors (Lipinski definition) is 2. The molecule has 0 unspecified atom stereocenters. The molecule has 0 spiro atoms. The molecule has 3 nitrogen and oxygen atoms in total. The van der Waals surface area contributed by atoms with Gasteiger partial charge in [0.15, 0.2) is 0 Å². The highest BCUT2D eigenvalue weighted by atomic mass is 35.5. The van der Waals surface area contributed by atoms with Crippen molar-refractivity contribution in [2.24, 2.45) is 0 Å². The van der Waals surface area contributed by atoms with Gasteiger partial charge in [0.25, 0.3) is 0 Å². The van der Waals surface area contributed by atoms with Gasteiger partial charge in [-0.1, -0.05) is 17.7 Å². The van der Waals surface area contributed by atoms with E-state index in [-0.39, 0.29) is 18.5 Å². The van der Waals surface area contributed by atoms with Crippen LogP contribution in [0.2, 0.25) is 5.02 Å². The van der Waals surface area contributed by atoms with Crippen molar-refractivity contribution < 1.29 is 4.79 Å². The Labute approximate surface area is 101 Å². The second-order valence-electron chi connectivity index (χ2n) is 4.04. The fourth-order valence-electron chi connectivity index (χ4n) is 1.26. The van der Waals surface area contributed by atoms with Crippen molar-refractivity contribution in [2.75, 3.05) is 11.9 Å². The number of carbonyl (C=O) groups is 1. The van der Waals surface area contributed by atoms with Crippen LogP contribution in [-0.2, 0) is 4.79 Å². The van der Waals surface area contributed by atoms with Crippen LogP contribution in [0.3, 0.4) is 0 Å². The predicted molar refractivity (Wildman–Crippen MR) is 68.0 cm³/mol. The third kappa shape index (κ3) is 4.11. The van der Waals surface area contributed by atoms with Crippen LogP contribution in [-0.4, -0.2) is 18.5 Å². The molecule has 0 atom stereocenters. The molecule has 0 saturated heterocycles. The van der Waals surface area contributed by atoms with E-state index in [0.717, 1.165) is 11.3 Å². The maximum atomic E-state index is 11.4. The number of nitrogens with one attached hydrogen (secondary N) is 2. The lowest BCUT2D eigenvalue weighted by molar-refractivity contribution is -0.119. The average Bonchev–Trinajstić information content (AvgIpc) is 2.19. The van der Waals surface area contributed by atoms with Gasteiger partial charge < -0.3 is 10.6 Å². The number of aryl methyl sites for hydroxylation is 1. The van der Waals surface area contributed by atoms with Crippen molar-refractivity contribution in [3.63, 3.8) is 0 Å². The van der Waals surface area contributed by atoms with Crippen molar-refractivity contribution in [2.45, 2.75) is 26.8 Å². The fraction of sp³-hybridized carbons (Fsp3) is 0.417. The summed E-state index contributed by atoms with van der Waals surface area (Å²) in [4.78, 5) is 11.4.